The highest BCUT2D eigenvalue weighted by molar-refractivity contribution is 14.1. The van der Waals surface area contributed by atoms with Gasteiger partial charge in [-0.2, -0.15) is 13.2 Å². The molecule has 0 radical (unpaired) electrons. The molecule has 0 unspecified atom stereocenters. The number of carbonyl (C=O) groups is 1. The Kier molecular flexibility index (Phi) is 4.40. The predicted octanol–water partition coefficient (Wildman–Crippen LogP) is 4.80. The van der Waals surface area contributed by atoms with E-state index in [-0.39, 0.29) is 11.3 Å². The highest BCUT2D eigenvalue weighted by Gasteiger charge is 2.34. The van der Waals surface area contributed by atoms with Gasteiger partial charge < -0.3 is 9.84 Å². The molecule has 2 aromatic carbocycles. The molecular weight excluding hydrogens is 400 g/mol. The topological polar surface area (TPSA) is 46.5 Å². The third kappa shape index (κ3) is 3.66. The molecule has 110 valence electrons. The molecule has 0 saturated heterocycles. The predicted molar refractivity (Wildman–Crippen MR) is 77.6 cm³/mol. The zero-order chi connectivity index (χ0) is 15.6. The van der Waals surface area contributed by atoms with Gasteiger partial charge in [0.25, 0.3) is 0 Å². The molecule has 0 spiro atoms. The molecule has 2 rings (SSSR count). The summed E-state index contributed by atoms with van der Waals surface area (Å²) in [6, 6.07) is 8.86. The Labute approximate surface area is 131 Å². The van der Waals surface area contributed by atoms with Gasteiger partial charge in [0.15, 0.2) is 0 Å². The van der Waals surface area contributed by atoms with Crippen molar-refractivity contribution < 1.29 is 27.8 Å². The third-order valence-corrected chi connectivity index (χ3v) is 3.26. The molecule has 7 heteroatoms. The van der Waals surface area contributed by atoms with E-state index >= 15 is 0 Å². The van der Waals surface area contributed by atoms with Crippen LogP contribution in [-0.4, -0.2) is 11.1 Å². The van der Waals surface area contributed by atoms with Gasteiger partial charge in [0.2, 0.25) is 0 Å². The Hall–Kier alpha value is -1.77. The molecule has 3 nitrogen and oxygen atoms in total. The molecule has 0 saturated carbocycles. The molecule has 0 aliphatic heterocycles. The molecule has 2 aromatic rings. The molecule has 0 aromatic heterocycles. The number of aromatic carboxylic acids is 1. The number of rotatable bonds is 3. The van der Waals surface area contributed by atoms with Gasteiger partial charge in [-0.1, -0.05) is 12.1 Å². The molecular formula is C14H8F3IO3. The van der Waals surface area contributed by atoms with E-state index in [4.69, 9.17) is 9.84 Å². The molecule has 0 aliphatic rings. The zero-order valence-electron chi connectivity index (χ0n) is 10.3. The molecule has 0 heterocycles. The summed E-state index contributed by atoms with van der Waals surface area (Å²) >= 11 is 1.91. The third-order valence-electron chi connectivity index (χ3n) is 2.58. The summed E-state index contributed by atoms with van der Waals surface area (Å²) in [5.74, 6) is -1.85. The van der Waals surface area contributed by atoms with Gasteiger partial charge in [0.1, 0.15) is 17.1 Å². The van der Waals surface area contributed by atoms with E-state index in [1.54, 1.807) is 6.07 Å². The van der Waals surface area contributed by atoms with Gasteiger partial charge in [-0.15, -0.1) is 0 Å². The average Bonchev–Trinajstić information content (AvgIpc) is 2.40. The maximum atomic E-state index is 12.9. The largest absolute Gasteiger partial charge is 0.478 e. The molecule has 1 N–H and O–H groups in total. The Balaban J connectivity index is 2.47. The van der Waals surface area contributed by atoms with E-state index in [0.717, 1.165) is 12.1 Å². The fourth-order valence-electron chi connectivity index (χ4n) is 1.67. The lowest BCUT2D eigenvalue weighted by atomic mass is 10.1. The first kappa shape index (κ1) is 15.6. The summed E-state index contributed by atoms with van der Waals surface area (Å²) in [6.45, 7) is 0. The summed E-state index contributed by atoms with van der Waals surface area (Å²) in [4.78, 5) is 11.1. The van der Waals surface area contributed by atoms with Gasteiger partial charge >= 0.3 is 12.1 Å². The monoisotopic (exact) mass is 408 g/mol. The first-order chi connectivity index (χ1) is 9.79. The maximum absolute atomic E-state index is 12.9. The highest BCUT2D eigenvalue weighted by atomic mass is 127. The van der Waals surface area contributed by atoms with Crippen LogP contribution in [0.5, 0.6) is 11.5 Å². The number of ether oxygens (including phenoxy) is 1. The number of para-hydroxylation sites is 1. The minimum absolute atomic E-state index is 0.139. The number of carboxylic acids is 1. The van der Waals surface area contributed by atoms with Gasteiger partial charge in [-0.05, 0) is 52.9 Å². The quantitative estimate of drug-likeness (QED) is 0.743. The van der Waals surface area contributed by atoms with Crippen LogP contribution in [-0.2, 0) is 6.18 Å². The number of hydrogen-bond acceptors (Lipinski definition) is 2. The van der Waals surface area contributed by atoms with Crippen LogP contribution in [0, 0.1) is 3.57 Å². The molecule has 0 fully saturated rings. The van der Waals surface area contributed by atoms with Crippen molar-refractivity contribution in [3.63, 3.8) is 0 Å². The second kappa shape index (κ2) is 5.92. The molecule has 0 bridgehead atoms. The minimum Gasteiger partial charge on any atom is -0.478 e. The van der Waals surface area contributed by atoms with Crippen LogP contribution in [0.15, 0.2) is 42.5 Å². The van der Waals surface area contributed by atoms with Gasteiger partial charge in [-0.3, -0.25) is 0 Å². The summed E-state index contributed by atoms with van der Waals surface area (Å²) in [7, 11) is 0. The van der Waals surface area contributed by atoms with Crippen molar-refractivity contribution in [3.05, 3.63) is 57.2 Å². The Morgan fingerprint density at radius 1 is 1.10 bits per heavy atom. The van der Waals surface area contributed by atoms with Crippen LogP contribution in [0.2, 0.25) is 0 Å². The van der Waals surface area contributed by atoms with Crippen LogP contribution in [0.3, 0.4) is 0 Å². The van der Waals surface area contributed by atoms with E-state index < -0.39 is 23.5 Å². The minimum atomic E-state index is -4.58. The van der Waals surface area contributed by atoms with Crippen molar-refractivity contribution in [2.24, 2.45) is 0 Å². The number of benzene rings is 2. The van der Waals surface area contributed by atoms with Crippen molar-refractivity contribution in [3.8, 4) is 11.5 Å². The van der Waals surface area contributed by atoms with Crippen LogP contribution >= 0.6 is 22.6 Å². The normalized spacial score (nSPS) is 11.2. The van der Waals surface area contributed by atoms with Crippen LogP contribution < -0.4 is 4.74 Å². The average molecular weight is 408 g/mol. The van der Waals surface area contributed by atoms with Crippen molar-refractivity contribution >= 4 is 28.6 Å². The lowest BCUT2D eigenvalue weighted by Crippen LogP contribution is -2.08. The smallest absolute Gasteiger partial charge is 0.419 e. The Morgan fingerprint density at radius 2 is 1.76 bits per heavy atom. The van der Waals surface area contributed by atoms with Crippen LogP contribution in [0.25, 0.3) is 0 Å². The van der Waals surface area contributed by atoms with Crippen molar-refractivity contribution in [1.82, 2.24) is 0 Å². The molecule has 0 amide bonds. The van der Waals surface area contributed by atoms with Crippen molar-refractivity contribution in [1.29, 1.82) is 0 Å². The van der Waals surface area contributed by atoms with Gasteiger partial charge in [-0.25, -0.2) is 4.79 Å². The van der Waals surface area contributed by atoms with E-state index in [2.05, 4.69) is 0 Å². The van der Waals surface area contributed by atoms with Crippen molar-refractivity contribution in [2.45, 2.75) is 6.18 Å². The molecule has 0 aliphatic carbocycles. The second-order valence-corrected chi connectivity index (χ2v) is 5.29. The fourth-order valence-corrected chi connectivity index (χ4v) is 2.16. The van der Waals surface area contributed by atoms with E-state index in [1.807, 2.05) is 22.6 Å². The van der Waals surface area contributed by atoms with Crippen molar-refractivity contribution in [2.75, 3.05) is 0 Å². The van der Waals surface area contributed by atoms with Crippen LogP contribution in [0.1, 0.15) is 15.9 Å². The Morgan fingerprint density at radius 3 is 2.38 bits per heavy atom. The molecule has 21 heavy (non-hydrogen) atoms. The summed E-state index contributed by atoms with van der Waals surface area (Å²) < 4.78 is 44.4. The van der Waals surface area contributed by atoms with Crippen LogP contribution in [0.4, 0.5) is 13.2 Å². The maximum Gasteiger partial charge on any atom is 0.419 e. The van der Waals surface area contributed by atoms with Gasteiger partial charge in [0.05, 0.1) is 5.56 Å². The summed E-state index contributed by atoms with van der Waals surface area (Å²) in [6.07, 6.45) is -4.58. The Bertz CT molecular complexity index is 683. The SMILES string of the molecule is O=C(O)c1cc(I)ccc1Oc1ccccc1C(F)(F)F. The lowest BCUT2D eigenvalue weighted by Gasteiger charge is -2.14. The lowest BCUT2D eigenvalue weighted by molar-refractivity contribution is -0.138. The number of carboxylic acid groups (broad SMARTS) is 1. The van der Waals surface area contributed by atoms with Gasteiger partial charge in [0, 0.05) is 3.57 Å². The van der Waals surface area contributed by atoms with E-state index in [0.29, 0.717) is 3.57 Å². The second-order valence-electron chi connectivity index (χ2n) is 4.04. The first-order valence-corrected chi connectivity index (χ1v) is 6.74. The fraction of sp³-hybridized carbons (Fsp3) is 0.0714. The number of halogens is 4. The number of hydrogen-bond donors (Lipinski definition) is 1. The standard InChI is InChI=1S/C14H8F3IO3/c15-14(16,17)10-3-1-2-4-12(10)21-11-6-5-8(18)7-9(11)13(19)20/h1-7H,(H,19,20). The first-order valence-electron chi connectivity index (χ1n) is 5.66. The zero-order valence-corrected chi connectivity index (χ0v) is 12.5. The summed E-state index contributed by atoms with van der Waals surface area (Å²) in [5, 5.41) is 9.09. The number of alkyl halides is 3. The highest BCUT2D eigenvalue weighted by Crippen LogP contribution is 2.38. The summed E-state index contributed by atoms with van der Waals surface area (Å²) in [5.41, 5.74) is -1.15. The molecule has 0 atom stereocenters. The van der Waals surface area contributed by atoms with E-state index in [9.17, 15) is 18.0 Å². The van der Waals surface area contributed by atoms with E-state index in [1.165, 1.54) is 24.3 Å².